The highest BCUT2D eigenvalue weighted by molar-refractivity contribution is 7.98. The third-order valence-electron chi connectivity index (χ3n) is 4.15. The van der Waals surface area contributed by atoms with E-state index in [4.69, 9.17) is 0 Å². The summed E-state index contributed by atoms with van der Waals surface area (Å²) in [5.74, 6) is 1.58. The van der Waals surface area contributed by atoms with Gasteiger partial charge in [-0.3, -0.25) is 9.59 Å². The molecule has 1 heterocycles. The third kappa shape index (κ3) is 3.07. The molecule has 3 unspecified atom stereocenters. The van der Waals surface area contributed by atoms with Gasteiger partial charge in [-0.25, -0.2) is 0 Å². The van der Waals surface area contributed by atoms with Gasteiger partial charge in [-0.05, 0) is 50.5 Å². The zero-order chi connectivity index (χ0) is 14.0. The lowest BCUT2D eigenvalue weighted by Crippen LogP contribution is -2.65. The van der Waals surface area contributed by atoms with Crippen LogP contribution in [-0.2, 0) is 9.59 Å². The molecule has 1 aliphatic carbocycles. The second-order valence-corrected chi connectivity index (χ2v) is 6.61. The fourth-order valence-electron chi connectivity index (χ4n) is 2.83. The lowest BCUT2D eigenvalue weighted by Gasteiger charge is -2.42. The largest absolute Gasteiger partial charge is 0.342 e. The highest BCUT2D eigenvalue weighted by atomic mass is 32.2. The zero-order valence-electron chi connectivity index (χ0n) is 12.0. The Hall–Kier alpha value is -0.710. The van der Waals surface area contributed by atoms with Crippen molar-refractivity contribution >= 4 is 23.6 Å². The normalized spacial score (nSPS) is 29.3. The van der Waals surface area contributed by atoms with Crippen molar-refractivity contribution in [3.05, 3.63) is 0 Å². The second kappa shape index (κ2) is 6.16. The minimum Gasteiger partial charge on any atom is -0.342 e. The van der Waals surface area contributed by atoms with Gasteiger partial charge in [0, 0.05) is 6.04 Å². The lowest BCUT2D eigenvalue weighted by atomic mass is 9.99. The molecule has 3 atom stereocenters. The molecule has 4 nitrogen and oxygen atoms in total. The number of nitrogens with zero attached hydrogens (tertiary/aromatic N) is 1. The number of thioether (sulfide) groups is 1. The molecule has 2 aliphatic rings. The van der Waals surface area contributed by atoms with Gasteiger partial charge >= 0.3 is 0 Å². The summed E-state index contributed by atoms with van der Waals surface area (Å²) in [6.45, 7) is 4.04. The van der Waals surface area contributed by atoms with Crippen LogP contribution in [0, 0.1) is 5.92 Å². The maximum absolute atomic E-state index is 12.6. The minimum absolute atomic E-state index is 0.0370. The number of amides is 2. The number of hydrogen-bond donors (Lipinski definition) is 1. The van der Waals surface area contributed by atoms with Crippen LogP contribution in [-0.4, -0.2) is 46.8 Å². The molecular weight excluding hydrogens is 260 g/mol. The molecule has 0 spiro atoms. The topological polar surface area (TPSA) is 49.4 Å². The molecular formula is C14H24N2O2S. The Morgan fingerprint density at radius 3 is 2.63 bits per heavy atom. The summed E-state index contributed by atoms with van der Waals surface area (Å²) in [4.78, 5) is 26.7. The maximum atomic E-state index is 12.6. The molecule has 1 saturated heterocycles. The smallest absolute Gasteiger partial charge is 0.246 e. The van der Waals surface area contributed by atoms with E-state index in [2.05, 4.69) is 18.5 Å². The summed E-state index contributed by atoms with van der Waals surface area (Å²) in [6, 6.07) is -0.386. The van der Waals surface area contributed by atoms with Crippen molar-refractivity contribution in [1.29, 1.82) is 0 Å². The predicted octanol–water partition coefficient (Wildman–Crippen LogP) is 1.64. The molecule has 1 saturated carbocycles. The van der Waals surface area contributed by atoms with Crippen LogP contribution in [0.2, 0.25) is 0 Å². The van der Waals surface area contributed by atoms with Gasteiger partial charge in [0.25, 0.3) is 0 Å². The summed E-state index contributed by atoms with van der Waals surface area (Å²) < 4.78 is 0. The Kier molecular flexibility index (Phi) is 4.76. The first-order valence-electron chi connectivity index (χ1n) is 7.21. The molecule has 108 valence electrons. The van der Waals surface area contributed by atoms with Gasteiger partial charge in [-0.2, -0.15) is 11.8 Å². The maximum Gasteiger partial charge on any atom is 0.246 e. The molecule has 0 aromatic rings. The number of hydrogen-bond acceptors (Lipinski definition) is 3. The molecule has 0 aromatic heterocycles. The van der Waals surface area contributed by atoms with Crippen molar-refractivity contribution in [2.75, 3.05) is 12.0 Å². The summed E-state index contributed by atoms with van der Waals surface area (Å²) in [5.41, 5.74) is 0. The van der Waals surface area contributed by atoms with Gasteiger partial charge in [0.1, 0.15) is 12.1 Å². The first kappa shape index (κ1) is 14.7. The van der Waals surface area contributed by atoms with E-state index >= 15 is 0 Å². The summed E-state index contributed by atoms with van der Waals surface area (Å²) in [5, 5.41) is 2.93. The standard InChI is InChI=1S/C14H24N2O2S/c1-4-11-13(17)15-12(10-5-6-10)14(18)16(11)9(2)7-8-19-3/h9-12H,4-8H2,1-3H3,(H,15,17). The van der Waals surface area contributed by atoms with Crippen molar-refractivity contribution in [1.82, 2.24) is 10.2 Å². The molecule has 1 N–H and O–H groups in total. The van der Waals surface area contributed by atoms with E-state index in [0.29, 0.717) is 12.3 Å². The van der Waals surface area contributed by atoms with Crippen molar-refractivity contribution in [3.8, 4) is 0 Å². The number of carbonyl (C=O) groups is 2. The Morgan fingerprint density at radius 2 is 2.11 bits per heavy atom. The quantitative estimate of drug-likeness (QED) is 0.807. The minimum atomic E-state index is -0.278. The second-order valence-electron chi connectivity index (χ2n) is 5.62. The van der Waals surface area contributed by atoms with E-state index in [1.165, 1.54) is 0 Å². The van der Waals surface area contributed by atoms with Crippen molar-refractivity contribution in [2.45, 2.75) is 57.7 Å². The molecule has 2 fully saturated rings. The number of carbonyl (C=O) groups excluding carboxylic acids is 2. The molecule has 2 rings (SSSR count). The van der Waals surface area contributed by atoms with E-state index in [1.54, 1.807) is 11.8 Å². The van der Waals surface area contributed by atoms with Crippen LogP contribution in [0.5, 0.6) is 0 Å². The number of rotatable bonds is 6. The number of nitrogens with one attached hydrogen (secondary N) is 1. The zero-order valence-corrected chi connectivity index (χ0v) is 12.8. The Labute approximate surface area is 119 Å². The highest BCUT2D eigenvalue weighted by Crippen LogP contribution is 2.36. The molecule has 0 bridgehead atoms. The Bertz CT molecular complexity index is 357. The van der Waals surface area contributed by atoms with Gasteiger partial charge in [0.2, 0.25) is 11.8 Å². The molecule has 2 amide bonds. The molecule has 19 heavy (non-hydrogen) atoms. The van der Waals surface area contributed by atoms with Crippen molar-refractivity contribution in [2.24, 2.45) is 5.92 Å². The summed E-state index contributed by atoms with van der Waals surface area (Å²) in [6.07, 6.45) is 5.86. The first-order chi connectivity index (χ1) is 9.10. The molecule has 1 aliphatic heterocycles. The Balaban J connectivity index is 2.13. The lowest BCUT2D eigenvalue weighted by molar-refractivity contribution is -0.152. The van der Waals surface area contributed by atoms with Gasteiger partial charge in [0.05, 0.1) is 0 Å². The van der Waals surface area contributed by atoms with Crippen LogP contribution in [0.25, 0.3) is 0 Å². The average Bonchev–Trinajstić information content (AvgIpc) is 3.21. The van der Waals surface area contributed by atoms with Crippen LogP contribution in [0.1, 0.15) is 39.5 Å². The van der Waals surface area contributed by atoms with E-state index < -0.39 is 0 Å². The highest BCUT2D eigenvalue weighted by Gasteiger charge is 2.47. The van der Waals surface area contributed by atoms with E-state index in [9.17, 15) is 9.59 Å². The third-order valence-corrected chi connectivity index (χ3v) is 4.80. The van der Waals surface area contributed by atoms with Gasteiger partial charge in [0.15, 0.2) is 0 Å². The van der Waals surface area contributed by atoms with Crippen LogP contribution in [0.4, 0.5) is 0 Å². The van der Waals surface area contributed by atoms with Crippen LogP contribution in [0.3, 0.4) is 0 Å². The van der Waals surface area contributed by atoms with E-state index in [0.717, 1.165) is 25.0 Å². The SMILES string of the molecule is CCC1C(=O)NC(C2CC2)C(=O)N1C(C)CCSC. The van der Waals surface area contributed by atoms with E-state index in [1.807, 2.05) is 11.8 Å². The van der Waals surface area contributed by atoms with Crippen molar-refractivity contribution < 1.29 is 9.59 Å². The molecule has 5 heteroatoms. The first-order valence-corrected chi connectivity index (χ1v) is 8.61. The fourth-order valence-corrected chi connectivity index (χ4v) is 3.41. The average molecular weight is 284 g/mol. The van der Waals surface area contributed by atoms with Crippen molar-refractivity contribution in [3.63, 3.8) is 0 Å². The fraction of sp³-hybridized carbons (Fsp3) is 0.857. The number of piperazine rings is 1. The van der Waals surface area contributed by atoms with Crippen LogP contribution < -0.4 is 5.32 Å². The summed E-state index contributed by atoms with van der Waals surface area (Å²) in [7, 11) is 0. The van der Waals surface area contributed by atoms with Crippen LogP contribution in [0.15, 0.2) is 0 Å². The summed E-state index contributed by atoms with van der Waals surface area (Å²) >= 11 is 1.79. The van der Waals surface area contributed by atoms with Gasteiger partial charge in [-0.1, -0.05) is 6.92 Å². The van der Waals surface area contributed by atoms with Crippen LogP contribution >= 0.6 is 11.8 Å². The molecule has 0 radical (unpaired) electrons. The van der Waals surface area contributed by atoms with E-state index in [-0.39, 0.29) is 29.9 Å². The van der Waals surface area contributed by atoms with Gasteiger partial charge in [-0.15, -0.1) is 0 Å². The predicted molar refractivity (Wildman–Crippen MR) is 78.0 cm³/mol. The monoisotopic (exact) mass is 284 g/mol. The Morgan fingerprint density at radius 1 is 1.42 bits per heavy atom. The van der Waals surface area contributed by atoms with Gasteiger partial charge < -0.3 is 10.2 Å². The molecule has 0 aromatic carbocycles.